The maximum atomic E-state index is 6.40. The molecule has 4 atom stereocenters. The van der Waals surface area contributed by atoms with Crippen LogP contribution in [-0.2, 0) is 33.2 Å². The minimum absolute atomic E-state index is 0.0934. The van der Waals surface area contributed by atoms with E-state index >= 15 is 0 Å². The molecule has 2 fully saturated rings. The van der Waals surface area contributed by atoms with Crippen LogP contribution >= 0.6 is 0 Å². The molecule has 0 N–H and O–H groups in total. The molecule has 2 saturated heterocycles. The van der Waals surface area contributed by atoms with Gasteiger partial charge in [-0.1, -0.05) is 0 Å². The van der Waals surface area contributed by atoms with E-state index in [1.165, 1.54) is 0 Å². The van der Waals surface area contributed by atoms with Gasteiger partial charge in [0.05, 0.1) is 64.1 Å². The fourth-order valence-electron chi connectivity index (χ4n) is 4.09. The van der Waals surface area contributed by atoms with E-state index in [1.807, 2.05) is 41.5 Å². The minimum Gasteiger partial charge on any atom is -0.379 e. The second kappa shape index (κ2) is 13.4. The molecule has 2 aliphatic heterocycles. The molecule has 31 heavy (non-hydrogen) atoms. The van der Waals surface area contributed by atoms with Gasteiger partial charge in [-0.2, -0.15) is 0 Å². The minimum atomic E-state index is -0.435. The molecule has 2 heterocycles. The Labute approximate surface area is 189 Å². The smallest absolute Gasteiger partial charge is 0.115 e. The first-order valence-corrected chi connectivity index (χ1v) is 12.1. The summed E-state index contributed by atoms with van der Waals surface area (Å²) in [6, 6.07) is 0. The molecule has 0 bridgehead atoms. The van der Waals surface area contributed by atoms with Crippen molar-refractivity contribution in [2.45, 2.75) is 103 Å². The van der Waals surface area contributed by atoms with E-state index in [2.05, 4.69) is 0 Å². The second-order valence-corrected chi connectivity index (χ2v) is 9.45. The normalized spacial score (nSPS) is 31.4. The Hall–Kier alpha value is -0.280. The third-order valence-electron chi connectivity index (χ3n) is 5.78. The molecule has 7 nitrogen and oxygen atoms in total. The van der Waals surface area contributed by atoms with E-state index in [-0.39, 0.29) is 24.4 Å². The zero-order valence-corrected chi connectivity index (χ0v) is 20.7. The van der Waals surface area contributed by atoms with Crippen LogP contribution in [0, 0.1) is 0 Å². The standard InChI is InChI=1S/C24H46O7/c1-7-25-13-21-9-11-23(30-21,17-28-19(3)4)15-27-16-24(18-29-20(5)6)12-10-22(31-24)14-26-8-2/h19-22H,7-18H2,1-6H3. The van der Waals surface area contributed by atoms with E-state index in [9.17, 15) is 0 Å². The fraction of sp³-hybridized carbons (Fsp3) is 1.00. The molecule has 0 aromatic rings. The summed E-state index contributed by atoms with van der Waals surface area (Å²) in [4.78, 5) is 0. The number of hydrogen-bond donors (Lipinski definition) is 0. The third kappa shape index (κ3) is 9.24. The summed E-state index contributed by atoms with van der Waals surface area (Å²) in [5.74, 6) is 0. The van der Waals surface area contributed by atoms with Crippen molar-refractivity contribution in [3.63, 3.8) is 0 Å². The molecular weight excluding hydrogens is 400 g/mol. The summed E-state index contributed by atoms with van der Waals surface area (Å²) in [6.07, 6.45) is 4.20. The molecule has 0 amide bonds. The van der Waals surface area contributed by atoms with Crippen molar-refractivity contribution in [3.05, 3.63) is 0 Å². The molecular formula is C24H46O7. The highest BCUT2D eigenvalue weighted by molar-refractivity contribution is 4.92. The van der Waals surface area contributed by atoms with Crippen molar-refractivity contribution >= 4 is 0 Å². The SMILES string of the molecule is CCOCC1CCC(COCC2(COC(C)C)CCC(COCC)O2)(COC(C)C)O1. The maximum Gasteiger partial charge on any atom is 0.115 e. The molecule has 4 unspecified atom stereocenters. The first kappa shape index (κ1) is 27.0. The average molecular weight is 447 g/mol. The lowest BCUT2D eigenvalue weighted by Crippen LogP contribution is -2.45. The Bertz CT molecular complexity index is 445. The highest BCUT2D eigenvalue weighted by atomic mass is 16.6. The molecule has 0 radical (unpaired) electrons. The van der Waals surface area contributed by atoms with Crippen LogP contribution in [0.4, 0.5) is 0 Å². The van der Waals surface area contributed by atoms with Crippen LogP contribution in [0.25, 0.3) is 0 Å². The third-order valence-corrected chi connectivity index (χ3v) is 5.78. The lowest BCUT2D eigenvalue weighted by Gasteiger charge is -2.34. The van der Waals surface area contributed by atoms with Gasteiger partial charge < -0.3 is 33.2 Å². The summed E-state index contributed by atoms with van der Waals surface area (Å²) >= 11 is 0. The van der Waals surface area contributed by atoms with Crippen molar-refractivity contribution < 1.29 is 33.2 Å². The van der Waals surface area contributed by atoms with Crippen LogP contribution in [-0.4, -0.2) is 88.5 Å². The molecule has 2 aliphatic rings. The van der Waals surface area contributed by atoms with Gasteiger partial charge in [0, 0.05) is 13.2 Å². The largest absolute Gasteiger partial charge is 0.379 e. The monoisotopic (exact) mass is 446 g/mol. The van der Waals surface area contributed by atoms with Crippen molar-refractivity contribution in [2.75, 3.05) is 52.9 Å². The van der Waals surface area contributed by atoms with Crippen LogP contribution in [0.1, 0.15) is 67.2 Å². The first-order valence-electron chi connectivity index (χ1n) is 12.1. The molecule has 0 aromatic carbocycles. The van der Waals surface area contributed by atoms with E-state index in [0.717, 1.165) is 25.7 Å². The van der Waals surface area contributed by atoms with E-state index in [1.54, 1.807) is 0 Å². The molecule has 0 spiro atoms. The summed E-state index contributed by atoms with van der Waals surface area (Å²) in [5.41, 5.74) is -0.870. The molecule has 184 valence electrons. The van der Waals surface area contributed by atoms with Crippen LogP contribution in [0.2, 0.25) is 0 Å². The van der Waals surface area contributed by atoms with Gasteiger partial charge in [-0.15, -0.1) is 0 Å². The van der Waals surface area contributed by atoms with Crippen molar-refractivity contribution in [3.8, 4) is 0 Å². The van der Waals surface area contributed by atoms with Crippen molar-refractivity contribution in [1.29, 1.82) is 0 Å². The van der Waals surface area contributed by atoms with Gasteiger partial charge in [-0.25, -0.2) is 0 Å². The van der Waals surface area contributed by atoms with Gasteiger partial charge in [0.15, 0.2) is 0 Å². The predicted octanol–water partition coefficient (Wildman–Crippen LogP) is 3.76. The Balaban J connectivity index is 1.94. The zero-order chi connectivity index (χ0) is 22.7. The summed E-state index contributed by atoms with van der Waals surface area (Å²) in [5, 5.41) is 0. The van der Waals surface area contributed by atoms with Crippen molar-refractivity contribution in [2.24, 2.45) is 0 Å². The molecule has 0 aliphatic carbocycles. The van der Waals surface area contributed by atoms with E-state index in [4.69, 9.17) is 33.2 Å². The van der Waals surface area contributed by atoms with Crippen molar-refractivity contribution in [1.82, 2.24) is 0 Å². The first-order chi connectivity index (χ1) is 14.8. The zero-order valence-electron chi connectivity index (χ0n) is 20.7. The number of hydrogen-bond acceptors (Lipinski definition) is 7. The number of ether oxygens (including phenoxy) is 7. The fourth-order valence-corrected chi connectivity index (χ4v) is 4.09. The maximum absolute atomic E-state index is 6.40. The van der Waals surface area contributed by atoms with Gasteiger partial charge in [0.1, 0.15) is 11.2 Å². The molecule has 7 heteroatoms. The Morgan fingerprint density at radius 3 is 1.45 bits per heavy atom. The van der Waals surface area contributed by atoms with Gasteiger partial charge in [-0.3, -0.25) is 0 Å². The van der Waals surface area contributed by atoms with Crippen LogP contribution < -0.4 is 0 Å². The second-order valence-electron chi connectivity index (χ2n) is 9.45. The topological polar surface area (TPSA) is 64.6 Å². The number of rotatable bonds is 16. The summed E-state index contributed by atoms with van der Waals surface area (Å²) < 4.78 is 42.2. The lowest BCUT2D eigenvalue weighted by molar-refractivity contribution is -0.178. The highest BCUT2D eigenvalue weighted by Gasteiger charge is 2.44. The predicted molar refractivity (Wildman–Crippen MR) is 120 cm³/mol. The van der Waals surface area contributed by atoms with Crippen LogP contribution in [0.15, 0.2) is 0 Å². The summed E-state index contributed by atoms with van der Waals surface area (Å²) in [7, 11) is 0. The highest BCUT2D eigenvalue weighted by Crippen LogP contribution is 2.35. The molecule has 2 rings (SSSR count). The van der Waals surface area contributed by atoms with Crippen LogP contribution in [0.5, 0.6) is 0 Å². The summed E-state index contributed by atoms with van der Waals surface area (Å²) in [6.45, 7) is 16.8. The molecule has 0 aromatic heterocycles. The van der Waals surface area contributed by atoms with E-state index < -0.39 is 11.2 Å². The van der Waals surface area contributed by atoms with Gasteiger partial charge in [-0.05, 0) is 67.2 Å². The molecule has 0 saturated carbocycles. The van der Waals surface area contributed by atoms with Gasteiger partial charge in [0.25, 0.3) is 0 Å². The Kier molecular flexibility index (Phi) is 11.7. The van der Waals surface area contributed by atoms with Crippen LogP contribution in [0.3, 0.4) is 0 Å². The van der Waals surface area contributed by atoms with Gasteiger partial charge >= 0.3 is 0 Å². The van der Waals surface area contributed by atoms with Gasteiger partial charge in [0.2, 0.25) is 0 Å². The average Bonchev–Trinajstić information content (AvgIpc) is 3.33. The lowest BCUT2D eigenvalue weighted by atomic mass is 10.00. The Morgan fingerprint density at radius 1 is 0.677 bits per heavy atom. The quantitative estimate of drug-likeness (QED) is 0.358. The van der Waals surface area contributed by atoms with E-state index in [0.29, 0.717) is 52.9 Å². The Morgan fingerprint density at radius 2 is 1.10 bits per heavy atom.